The van der Waals surface area contributed by atoms with Gasteiger partial charge in [0.15, 0.2) is 0 Å². The lowest BCUT2D eigenvalue weighted by molar-refractivity contribution is 0.0580. The molecule has 0 bridgehead atoms. The van der Waals surface area contributed by atoms with Gasteiger partial charge in [0.05, 0.1) is 6.61 Å². The molecule has 0 aliphatic rings. The molecule has 0 saturated carbocycles. The maximum Gasteiger partial charge on any atom is 0.506 e. The van der Waals surface area contributed by atoms with Crippen LogP contribution in [0.5, 0.6) is 0 Å². The third kappa shape index (κ3) is 5.27. The second-order valence-electron chi connectivity index (χ2n) is 4.98. The van der Waals surface area contributed by atoms with Gasteiger partial charge < -0.3 is 17.7 Å². The van der Waals surface area contributed by atoms with Gasteiger partial charge in [-0.2, -0.15) is 0 Å². The van der Waals surface area contributed by atoms with Crippen molar-refractivity contribution in [3.8, 4) is 0 Å². The van der Waals surface area contributed by atoms with Crippen LogP contribution in [0.15, 0.2) is 60.7 Å². The Hall–Kier alpha value is -1.75. The Labute approximate surface area is 122 Å². The van der Waals surface area contributed by atoms with Gasteiger partial charge in [-0.1, -0.05) is 60.7 Å². The summed E-state index contributed by atoms with van der Waals surface area (Å²) < 4.78 is 44.3. The normalized spacial score (nSPS) is 13.1. The van der Waals surface area contributed by atoms with Crippen LogP contribution in [0.4, 0.5) is 12.9 Å². The van der Waals surface area contributed by atoms with E-state index in [1.165, 1.54) is 0 Å². The first-order valence-electron chi connectivity index (χ1n) is 6.95. The largest absolute Gasteiger partial charge is 0.506 e. The standard InChI is InChI=1S/C16H17BF3O/c18-17(19,20)16(12-11-14-7-3-1-4-8-14)21-13-15-9-5-2-6-10-15/h1-10,16H,11-13H2/q-1/t16-/m1/s1. The lowest BCUT2D eigenvalue weighted by atomic mass is 9.78. The number of rotatable bonds is 7. The first kappa shape index (κ1) is 15.6. The van der Waals surface area contributed by atoms with Crippen molar-refractivity contribution in [2.75, 3.05) is 0 Å². The van der Waals surface area contributed by atoms with Crippen LogP contribution in [0.25, 0.3) is 0 Å². The van der Waals surface area contributed by atoms with Crippen molar-refractivity contribution in [2.45, 2.75) is 25.5 Å². The molecule has 2 aromatic rings. The van der Waals surface area contributed by atoms with Crippen molar-refractivity contribution in [1.82, 2.24) is 0 Å². The molecule has 0 aliphatic carbocycles. The zero-order valence-corrected chi connectivity index (χ0v) is 11.6. The molecule has 0 aromatic heterocycles. The van der Waals surface area contributed by atoms with E-state index >= 15 is 0 Å². The predicted molar refractivity (Wildman–Crippen MR) is 78.9 cm³/mol. The van der Waals surface area contributed by atoms with Crippen LogP contribution < -0.4 is 0 Å². The van der Waals surface area contributed by atoms with Crippen molar-refractivity contribution in [2.24, 2.45) is 0 Å². The van der Waals surface area contributed by atoms with Gasteiger partial charge in [0.2, 0.25) is 0 Å². The molecule has 0 aliphatic heterocycles. The molecule has 1 atom stereocenters. The topological polar surface area (TPSA) is 9.23 Å². The summed E-state index contributed by atoms with van der Waals surface area (Å²) in [7, 11) is 0. The number of aryl methyl sites for hydroxylation is 1. The Balaban J connectivity index is 1.92. The Morgan fingerprint density at radius 2 is 1.33 bits per heavy atom. The third-order valence-electron chi connectivity index (χ3n) is 3.29. The highest BCUT2D eigenvalue weighted by Crippen LogP contribution is 2.23. The number of hydrogen-bond donors (Lipinski definition) is 0. The van der Waals surface area contributed by atoms with Gasteiger partial charge in [-0.25, -0.2) is 0 Å². The number of halogens is 3. The fraction of sp³-hybridized carbons (Fsp3) is 0.250. The molecule has 2 rings (SSSR count). The van der Waals surface area contributed by atoms with E-state index < -0.39 is 13.0 Å². The van der Waals surface area contributed by atoms with Crippen LogP contribution in [0, 0.1) is 0 Å². The van der Waals surface area contributed by atoms with E-state index in [9.17, 15) is 12.9 Å². The zero-order valence-electron chi connectivity index (χ0n) is 11.6. The molecular formula is C16H17BF3O-. The smallest absolute Gasteiger partial charge is 0.447 e. The summed E-state index contributed by atoms with van der Waals surface area (Å²) in [6, 6.07) is 16.4. The fourth-order valence-electron chi connectivity index (χ4n) is 2.11. The molecule has 0 N–H and O–H groups in total. The van der Waals surface area contributed by atoms with Crippen LogP contribution in [0.2, 0.25) is 0 Å². The molecule has 0 heterocycles. The maximum absolute atomic E-state index is 13.1. The van der Waals surface area contributed by atoms with Crippen LogP contribution in [-0.2, 0) is 17.8 Å². The summed E-state index contributed by atoms with van der Waals surface area (Å²) in [6.45, 7) is -5.02. The van der Waals surface area contributed by atoms with Crippen molar-refractivity contribution in [3.05, 3.63) is 71.8 Å². The van der Waals surface area contributed by atoms with E-state index in [4.69, 9.17) is 4.74 Å². The van der Waals surface area contributed by atoms with Gasteiger partial charge in [0, 0.05) is 6.00 Å². The molecule has 21 heavy (non-hydrogen) atoms. The van der Waals surface area contributed by atoms with Crippen LogP contribution in [0.1, 0.15) is 17.5 Å². The summed E-state index contributed by atoms with van der Waals surface area (Å²) in [4.78, 5) is 0. The number of ether oxygens (including phenoxy) is 1. The van der Waals surface area contributed by atoms with Crippen molar-refractivity contribution in [3.63, 3.8) is 0 Å². The first-order chi connectivity index (χ1) is 10.1. The molecule has 0 amide bonds. The fourth-order valence-corrected chi connectivity index (χ4v) is 2.11. The molecule has 0 radical (unpaired) electrons. The van der Waals surface area contributed by atoms with E-state index in [0.717, 1.165) is 11.1 Å². The van der Waals surface area contributed by atoms with E-state index in [-0.39, 0.29) is 13.0 Å². The minimum atomic E-state index is -5.01. The third-order valence-corrected chi connectivity index (χ3v) is 3.29. The Kier molecular flexibility index (Phi) is 5.45. The Morgan fingerprint density at radius 3 is 1.86 bits per heavy atom. The quantitative estimate of drug-likeness (QED) is 0.678. The van der Waals surface area contributed by atoms with E-state index in [2.05, 4.69) is 0 Å². The summed E-state index contributed by atoms with van der Waals surface area (Å²) in [5.74, 6) is 0. The van der Waals surface area contributed by atoms with Gasteiger partial charge in [0.25, 0.3) is 0 Å². The van der Waals surface area contributed by atoms with Crippen molar-refractivity contribution in [1.29, 1.82) is 0 Å². The second-order valence-corrected chi connectivity index (χ2v) is 4.98. The van der Waals surface area contributed by atoms with Crippen molar-refractivity contribution < 1.29 is 17.7 Å². The summed E-state index contributed by atoms with van der Waals surface area (Å²) in [6.07, 6.45) is 0.321. The highest BCUT2D eigenvalue weighted by atomic mass is 19.4. The minimum Gasteiger partial charge on any atom is -0.447 e. The average molecular weight is 293 g/mol. The summed E-state index contributed by atoms with van der Waals surface area (Å²) >= 11 is 0. The van der Waals surface area contributed by atoms with E-state index in [1.54, 1.807) is 24.3 Å². The molecular weight excluding hydrogens is 276 g/mol. The monoisotopic (exact) mass is 293 g/mol. The highest BCUT2D eigenvalue weighted by Gasteiger charge is 2.35. The number of hydrogen-bond acceptors (Lipinski definition) is 1. The van der Waals surface area contributed by atoms with Crippen LogP contribution >= 0.6 is 0 Å². The van der Waals surface area contributed by atoms with Gasteiger partial charge >= 0.3 is 6.98 Å². The average Bonchev–Trinajstić information content (AvgIpc) is 2.48. The van der Waals surface area contributed by atoms with E-state index in [1.807, 2.05) is 36.4 Å². The van der Waals surface area contributed by atoms with Gasteiger partial charge in [-0.05, 0) is 24.0 Å². The predicted octanol–water partition coefficient (Wildman–Crippen LogP) is 4.59. The molecule has 0 fully saturated rings. The summed E-state index contributed by atoms with van der Waals surface area (Å²) in [5, 5.41) is 0. The molecule has 112 valence electrons. The molecule has 2 aromatic carbocycles. The van der Waals surface area contributed by atoms with Crippen molar-refractivity contribution >= 4 is 6.98 Å². The molecule has 0 unspecified atom stereocenters. The Bertz CT molecular complexity index is 485. The Morgan fingerprint density at radius 1 is 0.810 bits per heavy atom. The zero-order chi connectivity index (χ0) is 15.1. The second kappa shape index (κ2) is 7.32. The van der Waals surface area contributed by atoms with Gasteiger partial charge in [0.1, 0.15) is 0 Å². The molecule has 1 nitrogen and oxygen atoms in total. The maximum atomic E-state index is 13.1. The van der Waals surface area contributed by atoms with E-state index in [0.29, 0.717) is 6.42 Å². The van der Waals surface area contributed by atoms with Crippen LogP contribution in [0.3, 0.4) is 0 Å². The van der Waals surface area contributed by atoms with Gasteiger partial charge in [-0.3, -0.25) is 0 Å². The number of benzene rings is 2. The lowest BCUT2D eigenvalue weighted by Gasteiger charge is -2.27. The highest BCUT2D eigenvalue weighted by molar-refractivity contribution is 6.60. The summed E-state index contributed by atoms with van der Waals surface area (Å²) in [5.41, 5.74) is 1.65. The molecule has 0 spiro atoms. The molecule has 5 heteroatoms. The van der Waals surface area contributed by atoms with Crippen LogP contribution in [-0.4, -0.2) is 13.0 Å². The molecule has 0 saturated heterocycles. The first-order valence-corrected chi connectivity index (χ1v) is 6.95. The minimum absolute atomic E-state index is 0.0123. The lowest BCUT2D eigenvalue weighted by Crippen LogP contribution is -2.37. The SMILES string of the molecule is F[B-](F)(F)[C@@H](CCc1ccccc1)OCc1ccccc1. The van der Waals surface area contributed by atoms with Gasteiger partial charge in [-0.15, -0.1) is 0 Å².